The van der Waals surface area contributed by atoms with Gasteiger partial charge in [0, 0.05) is 22.2 Å². The van der Waals surface area contributed by atoms with E-state index in [4.69, 9.17) is 27.9 Å². The highest BCUT2D eigenvalue weighted by molar-refractivity contribution is 6.34. The van der Waals surface area contributed by atoms with Crippen LogP contribution < -0.4 is 0 Å². The van der Waals surface area contributed by atoms with Gasteiger partial charge in [-0.05, 0) is 29.8 Å². The highest BCUT2D eigenvalue weighted by atomic mass is 35.5. The summed E-state index contributed by atoms with van der Waals surface area (Å²) < 4.78 is 9.46. The minimum absolute atomic E-state index is 0.0204. The van der Waals surface area contributed by atoms with Crippen LogP contribution in [0.2, 0.25) is 10.0 Å². The Morgan fingerprint density at radius 2 is 1.60 bits per heavy atom. The van der Waals surface area contributed by atoms with Gasteiger partial charge in [-0.3, -0.25) is 0 Å². The first-order valence-electron chi connectivity index (χ1n) is 5.61. The van der Waals surface area contributed by atoms with Gasteiger partial charge in [-0.1, -0.05) is 29.8 Å². The lowest BCUT2D eigenvalue weighted by Crippen LogP contribution is -2.11. The number of hydrogen-bond acceptors (Lipinski definition) is 4. The maximum absolute atomic E-state index is 11.4. The lowest BCUT2D eigenvalue weighted by atomic mass is 10.2. The Morgan fingerprint density at radius 1 is 1.05 bits per heavy atom. The van der Waals surface area contributed by atoms with E-state index in [1.165, 1.54) is 12.2 Å². The van der Waals surface area contributed by atoms with Crippen LogP contribution in [0.25, 0.3) is 6.08 Å². The Labute approximate surface area is 126 Å². The van der Waals surface area contributed by atoms with E-state index in [1.807, 2.05) is 0 Å². The van der Waals surface area contributed by atoms with Gasteiger partial charge in [0.1, 0.15) is 13.2 Å². The summed E-state index contributed by atoms with van der Waals surface area (Å²) in [6.45, 7) is 3.19. The predicted octanol–water partition coefficient (Wildman–Crippen LogP) is 3.28. The molecule has 20 heavy (non-hydrogen) atoms. The molecule has 0 spiro atoms. The van der Waals surface area contributed by atoms with Crippen molar-refractivity contribution >= 4 is 41.2 Å². The summed E-state index contributed by atoms with van der Waals surface area (Å²) in [5.74, 6) is -1.12. The number of hydrogen-bond donors (Lipinski definition) is 0. The van der Waals surface area contributed by atoms with Crippen LogP contribution in [-0.4, -0.2) is 25.2 Å². The second-order valence-electron chi connectivity index (χ2n) is 3.58. The van der Waals surface area contributed by atoms with Gasteiger partial charge in [0.2, 0.25) is 0 Å². The first kappa shape index (κ1) is 16.3. The van der Waals surface area contributed by atoms with E-state index >= 15 is 0 Å². The van der Waals surface area contributed by atoms with Crippen molar-refractivity contribution in [3.63, 3.8) is 0 Å². The van der Waals surface area contributed by atoms with Crippen molar-refractivity contribution in [2.75, 3.05) is 13.2 Å². The van der Waals surface area contributed by atoms with Crippen molar-refractivity contribution in [1.29, 1.82) is 0 Å². The molecule has 4 nitrogen and oxygen atoms in total. The molecular weight excluding hydrogens is 303 g/mol. The minimum Gasteiger partial charge on any atom is -0.459 e. The zero-order valence-electron chi connectivity index (χ0n) is 10.5. The maximum atomic E-state index is 11.4. The average Bonchev–Trinajstić information content (AvgIpc) is 2.40. The number of carbonyl (C=O) groups is 2. The zero-order chi connectivity index (χ0) is 15.0. The highest BCUT2D eigenvalue weighted by Crippen LogP contribution is 2.19. The lowest BCUT2D eigenvalue weighted by Gasteiger charge is -2.02. The van der Waals surface area contributed by atoms with Gasteiger partial charge in [0.25, 0.3) is 0 Å². The molecule has 0 N–H and O–H groups in total. The summed E-state index contributed by atoms with van der Waals surface area (Å²) in [4.78, 5) is 22.1. The SMILES string of the molecule is C=CC(=O)OCCOC(=O)/C=C/c1cc(Cl)cc(Cl)c1. The van der Waals surface area contributed by atoms with Crippen molar-refractivity contribution in [3.8, 4) is 0 Å². The van der Waals surface area contributed by atoms with Crippen LogP contribution in [0.1, 0.15) is 5.56 Å². The number of carbonyl (C=O) groups excluding carboxylic acids is 2. The van der Waals surface area contributed by atoms with Crippen molar-refractivity contribution in [3.05, 3.63) is 52.5 Å². The Bertz CT molecular complexity index is 518. The monoisotopic (exact) mass is 314 g/mol. The molecule has 0 heterocycles. The zero-order valence-corrected chi connectivity index (χ0v) is 12.0. The van der Waals surface area contributed by atoms with Gasteiger partial charge in [-0.2, -0.15) is 0 Å². The molecule has 0 unspecified atom stereocenters. The van der Waals surface area contributed by atoms with Crippen LogP contribution in [0.4, 0.5) is 0 Å². The van der Waals surface area contributed by atoms with Crippen LogP contribution in [0.5, 0.6) is 0 Å². The molecule has 1 aromatic carbocycles. The highest BCUT2D eigenvalue weighted by Gasteiger charge is 2.00. The molecule has 0 aromatic heterocycles. The average molecular weight is 315 g/mol. The van der Waals surface area contributed by atoms with Gasteiger partial charge >= 0.3 is 11.9 Å². The van der Waals surface area contributed by atoms with Gasteiger partial charge < -0.3 is 9.47 Å². The molecule has 0 amide bonds. The largest absolute Gasteiger partial charge is 0.459 e. The van der Waals surface area contributed by atoms with Crippen molar-refractivity contribution in [2.24, 2.45) is 0 Å². The lowest BCUT2D eigenvalue weighted by molar-refractivity contribution is -0.145. The Balaban J connectivity index is 2.39. The third-order valence-corrected chi connectivity index (χ3v) is 2.47. The third kappa shape index (κ3) is 6.41. The van der Waals surface area contributed by atoms with E-state index in [0.717, 1.165) is 6.08 Å². The molecule has 1 aromatic rings. The van der Waals surface area contributed by atoms with Gasteiger partial charge in [-0.25, -0.2) is 9.59 Å². The van der Waals surface area contributed by atoms with Gasteiger partial charge in [0.05, 0.1) is 0 Å². The Kier molecular flexibility index (Phi) is 6.84. The van der Waals surface area contributed by atoms with Crippen molar-refractivity contribution < 1.29 is 19.1 Å². The minimum atomic E-state index is -0.565. The number of rotatable bonds is 6. The third-order valence-electron chi connectivity index (χ3n) is 2.04. The van der Waals surface area contributed by atoms with E-state index in [-0.39, 0.29) is 13.2 Å². The molecule has 0 aliphatic carbocycles. The molecule has 6 heteroatoms. The van der Waals surface area contributed by atoms with Gasteiger partial charge in [-0.15, -0.1) is 0 Å². The number of halogens is 2. The summed E-state index contributed by atoms with van der Waals surface area (Å²) >= 11 is 11.6. The van der Waals surface area contributed by atoms with Crippen LogP contribution in [0, 0.1) is 0 Å². The van der Waals surface area contributed by atoms with Crippen molar-refractivity contribution in [2.45, 2.75) is 0 Å². The van der Waals surface area contributed by atoms with Crippen LogP contribution in [0.3, 0.4) is 0 Å². The molecule has 0 bridgehead atoms. The fraction of sp³-hybridized carbons (Fsp3) is 0.143. The Hall–Kier alpha value is -1.78. The summed E-state index contributed by atoms with van der Waals surface area (Å²) in [6, 6.07) is 4.90. The van der Waals surface area contributed by atoms with Gasteiger partial charge in [0.15, 0.2) is 0 Å². The molecule has 1 rings (SSSR count). The molecule has 0 aliphatic rings. The molecule has 0 saturated heterocycles. The molecule has 0 aliphatic heterocycles. The summed E-state index contributed by atoms with van der Waals surface area (Å²) in [5, 5.41) is 0.948. The normalized spacial score (nSPS) is 10.3. The molecule has 0 saturated carbocycles. The maximum Gasteiger partial charge on any atom is 0.330 e. The standard InChI is InChI=1S/C14H12Cl2O4/c1-2-13(17)19-5-6-20-14(18)4-3-10-7-11(15)9-12(16)8-10/h2-4,7-9H,1,5-6H2/b4-3+. The van der Waals surface area contributed by atoms with E-state index < -0.39 is 11.9 Å². The number of benzene rings is 1. The summed E-state index contributed by atoms with van der Waals surface area (Å²) in [6.07, 6.45) is 3.79. The molecule has 0 atom stereocenters. The molecular formula is C14H12Cl2O4. The summed E-state index contributed by atoms with van der Waals surface area (Å²) in [5.41, 5.74) is 0.678. The topological polar surface area (TPSA) is 52.6 Å². The quantitative estimate of drug-likeness (QED) is 0.459. The van der Waals surface area contributed by atoms with Crippen molar-refractivity contribution in [1.82, 2.24) is 0 Å². The first-order valence-corrected chi connectivity index (χ1v) is 6.37. The Morgan fingerprint density at radius 3 is 2.15 bits per heavy atom. The fourth-order valence-corrected chi connectivity index (χ4v) is 1.77. The predicted molar refractivity (Wildman–Crippen MR) is 77.6 cm³/mol. The number of ether oxygens (including phenoxy) is 2. The van der Waals surface area contributed by atoms with E-state index in [0.29, 0.717) is 15.6 Å². The number of esters is 2. The van der Waals surface area contributed by atoms with Crippen LogP contribution >= 0.6 is 23.2 Å². The van der Waals surface area contributed by atoms with E-state index in [1.54, 1.807) is 18.2 Å². The molecule has 0 radical (unpaired) electrons. The fourth-order valence-electron chi connectivity index (χ4n) is 1.23. The smallest absolute Gasteiger partial charge is 0.330 e. The van der Waals surface area contributed by atoms with E-state index in [2.05, 4.69) is 11.3 Å². The molecule has 106 valence electrons. The summed E-state index contributed by atoms with van der Waals surface area (Å²) in [7, 11) is 0. The van der Waals surface area contributed by atoms with Crippen LogP contribution in [0.15, 0.2) is 36.9 Å². The van der Waals surface area contributed by atoms with E-state index in [9.17, 15) is 9.59 Å². The second kappa shape index (κ2) is 8.40. The second-order valence-corrected chi connectivity index (χ2v) is 4.45. The first-order chi connectivity index (χ1) is 9.51. The molecule has 0 fully saturated rings. The van der Waals surface area contributed by atoms with Crippen LogP contribution in [-0.2, 0) is 19.1 Å².